The molecule has 0 aliphatic carbocycles. The summed E-state index contributed by atoms with van der Waals surface area (Å²) in [6.45, 7) is 5.62. The Morgan fingerprint density at radius 3 is 2.80 bits per heavy atom. The molecule has 2 aliphatic heterocycles. The van der Waals surface area contributed by atoms with Gasteiger partial charge in [-0.05, 0) is 52.7 Å². The summed E-state index contributed by atoms with van der Waals surface area (Å²) in [5.41, 5.74) is 0. The lowest BCUT2D eigenvalue weighted by molar-refractivity contribution is 0.110. The number of ether oxygens (including phenoxy) is 1. The summed E-state index contributed by atoms with van der Waals surface area (Å²) in [6.07, 6.45) is 5.54. The van der Waals surface area contributed by atoms with Crippen LogP contribution in [0.15, 0.2) is 0 Å². The standard InChI is InChI=1S/C12H24N2O/c1-10-12(6-9-15-10)13-11-4-3-7-14(2)8-5-11/h10-13H,3-9H2,1-2H3. The molecular formula is C12H24N2O. The number of rotatable bonds is 2. The van der Waals surface area contributed by atoms with E-state index >= 15 is 0 Å². The lowest BCUT2D eigenvalue weighted by atomic mass is 10.1. The first-order valence-electron chi connectivity index (χ1n) is 6.32. The first kappa shape index (κ1) is 11.4. The van der Waals surface area contributed by atoms with Crippen LogP contribution in [-0.4, -0.2) is 49.8 Å². The van der Waals surface area contributed by atoms with E-state index in [4.69, 9.17) is 4.74 Å². The van der Waals surface area contributed by atoms with Gasteiger partial charge in [-0.15, -0.1) is 0 Å². The second kappa shape index (κ2) is 5.28. The topological polar surface area (TPSA) is 24.5 Å². The van der Waals surface area contributed by atoms with E-state index in [-0.39, 0.29) is 0 Å². The quantitative estimate of drug-likeness (QED) is 0.745. The molecule has 2 rings (SSSR count). The summed E-state index contributed by atoms with van der Waals surface area (Å²) in [7, 11) is 2.23. The van der Waals surface area contributed by atoms with Gasteiger partial charge >= 0.3 is 0 Å². The molecule has 2 aliphatic rings. The smallest absolute Gasteiger partial charge is 0.0700 e. The van der Waals surface area contributed by atoms with Crippen LogP contribution in [0.4, 0.5) is 0 Å². The maximum absolute atomic E-state index is 5.59. The normalized spacial score (nSPS) is 39.2. The van der Waals surface area contributed by atoms with Crippen molar-refractivity contribution in [3.05, 3.63) is 0 Å². The number of nitrogens with one attached hydrogen (secondary N) is 1. The molecule has 0 spiro atoms. The van der Waals surface area contributed by atoms with Crippen molar-refractivity contribution in [1.82, 2.24) is 10.2 Å². The van der Waals surface area contributed by atoms with Gasteiger partial charge in [0.15, 0.2) is 0 Å². The summed E-state index contributed by atoms with van der Waals surface area (Å²) in [4.78, 5) is 2.44. The van der Waals surface area contributed by atoms with Gasteiger partial charge in [0, 0.05) is 18.7 Å². The largest absolute Gasteiger partial charge is 0.377 e. The maximum Gasteiger partial charge on any atom is 0.0700 e. The molecule has 0 bridgehead atoms. The molecule has 2 heterocycles. The first-order chi connectivity index (χ1) is 7.25. The Balaban J connectivity index is 1.78. The third-order valence-corrected chi connectivity index (χ3v) is 3.78. The van der Waals surface area contributed by atoms with Gasteiger partial charge in [-0.25, -0.2) is 0 Å². The lowest BCUT2D eigenvalue weighted by Gasteiger charge is -2.23. The Kier molecular flexibility index (Phi) is 4.00. The van der Waals surface area contributed by atoms with Crippen LogP contribution in [0.1, 0.15) is 32.6 Å². The SMILES string of the molecule is CC1OCCC1NC1CCCN(C)CC1. The van der Waals surface area contributed by atoms with Gasteiger partial charge in [0.25, 0.3) is 0 Å². The van der Waals surface area contributed by atoms with E-state index in [9.17, 15) is 0 Å². The molecule has 2 fully saturated rings. The van der Waals surface area contributed by atoms with Crippen LogP contribution >= 0.6 is 0 Å². The Morgan fingerprint density at radius 1 is 1.20 bits per heavy atom. The Bertz CT molecular complexity index is 198. The fraction of sp³-hybridized carbons (Fsp3) is 1.00. The molecule has 0 aromatic heterocycles. The predicted octanol–water partition coefficient (Wildman–Crippen LogP) is 1.24. The third-order valence-electron chi connectivity index (χ3n) is 3.78. The van der Waals surface area contributed by atoms with Gasteiger partial charge in [0.2, 0.25) is 0 Å². The highest BCUT2D eigenvalue weighted by Crippen LogP contribution is 2.17. The van der Waals surface area contributed by atoms with Gasteiger partial charge in [0.1, 0.15) is 0 Å². The second-order valence-electron chi connectivity index (χ2n) is 5.07. The van der Waals surface area contributed by atoms with E-state index in [2.05, 4.69) is 24.2 Å². The average molecular weight is 212 g/mol. The molecule has 3 nitrogen and oxygen atoms in total. The van der Waals surface area contributed by atoms with Crippen molar-refractivity contribution in [3.8, 4) is 0 Å². The molecule has 2 saturated heterocycles. The molecule has 15 heavy (non-hydrogen) atoms. The monoisotopic (exact) mass is 212 g/mol. The van der Waals surface area contributed by atoms with Crippen molar-refractivity contribution in [2.24, 2.45) is 0 Å². The minimum Gasteiger partial charge on any atom is -0.377 e. The molecule has 0 saturated carbocycles. The Hall–Kier alpha value is -0.120. The molecule has 0 aromatic carbocycles. The highest BCUT2D eigenvalue weighted by molar-refractivity contribution is 4.84. The van der Waals surface area contributed by atoms with E-state index < -0.39 is 0 Å². The number of nitrogens with zero attached hydrogens (tertiary/aromatic N) is 1. The van der Waals surface area contributed by atoms with Crippen LogP contribution in [-0.2, 0) is 4.74 Å². The van der Waals surface area contributed by atoms with E-state index in [1.54, 1.807) is 0 Å². The van der Waals surface area contributed by atoms with Crippen molar-refractivity contribution in [2.75, 3.05) is 26.7 Å². The van der Waals surface area contributed by atoms with Crippen molar-refractivity contribution in [3.63, 3.8) is 0 Å². The van der Waals surface area contributed by atoms with Crippen molar-refractivity contribution in [1.29, 1.82) is 0 Å². The van der Waals surface area contributed by atoms with E-state index in [0.717, 1.165) is 6.61 Å². The van der Waals surface area contributed by atoms with Gasteiger partial charge in [-0.2, -0.15) is 0 Å². The number of hydrogen-bond donors (Lipinski definition) is 1. The molecule has 1 N–H and O–H groups in total. The number of hydrogen-bond acceptors (Lipinski definition) is 3. The molecule has 0 aromatic rings. The van der Waals surface area contributed by atoms with Crippen LogP contribution in [0.2, 0.25) is 0 Å². The van der Waals surface area contributed by atoms with Crippen LogP contribution in [0.25, 0.3) is 0 Å². The van der Waals surface area contributed by atoms with Gasteiger partial charge in [0.05, 0.1) is 6.10 Å². The summed E-state index contributed by atoms with van der Waals surface area (Å²) < 4.78 is 5.59. The second-order valence-corrected chi connectivity index (χ2v) is 5.07. The predicted molar refractivity (Wildman–Crippen MR) is 62.1 cm³/mol. The zero-order valence-electron chi connectivity index (χ0n) is 10.0. The van der Waals surface area contributed by atoms with Crippen LogP contribution in [0, 0.1) is 0 Å². The summed E-state index contributed by atoms with van der Waals surface area (Å²) in [6, 6.07) is 1.31. The molecule has 0 amide bonds. The van der Waals surface area contributed by atoms with Gasteiger partial charge in [-0.1, -0.05) is 0 Å². The highest BCUT2D eigenvalue weighted by atomic mass is 16.5. The zero-order chi connectivity index (χ0) is 10.7. The van der Waals surface area contributed by atoms with Crippen molar-refractivity contribution in [2.45, 2.75) is 50.8 Å². The summed E-state index contributed by atoms with van der Waals surface area (Å²) in [5, 5.41) is 3.78. The van der Waals surface area contributed by atoms with Crippen LogP contribution in [0.3, 0.4) is 0 Å². The molecular weight excluding hydrogens is 188 g/mol. The number of likely N-dealkylation sites (tertiary alicyclic amines) is 1. The summed E-state index contributed by atoms with van der Waals surface area (Å²) in [5.74, 6) is 0. The fourth-order valence-corrected chi connectivity index (χ4v) is 2.66. The van der Waals surface area contributed by atoms with Crippen LogP contribution < -0.4 is 5.32 Å². The Morgan fingerprint density at radius 2 is 2.07 bits per heavy atom. The molecule has 3 unspecified atom stereocenters. The molecule has 0 radical (unpaired) electrons. The van der Waals surface area contributed by atoms with Gasteiger partial charge < -0.3 is 15.0 Å². The minimum atomic E-state index is 0.408. The zero-order valence-corrected chi connectivity index (χ0v) is 10.0. The van der Waals surface area contributed by atoms with E-state index in [1.165, 1.54) is 38.8 Å². The van der Waals surface area contributed by atoms with Crippen molar-refractivity contribution >= 4 is 0 Å². The molecule has 88 valence electrons. The minimum absolute atomic E-state index is 0.408. The molecule has 3 heteroatoms. The average Bonchev–Trinajstić information content (AvgIpc) is 2.48. The summed E-state index contributed by atoms with van der Waals surface area (Å²) >= 11 is 0. The lowest BCUT2D eigenvalue weighted by Crippen LogP contribution is -2.42. The van der Waals surface area contributed by atoms with Crippen LogP contribution in [0.5, 0.6) is 0 Å². The van der Waals surface area contributed by atoms with Gasteiger partial charge in [-0.3, -0.25) is 0 Å². The highest BCUT2D eigenvalue weighted by Gasteiger charge is 2.26. The third kappa shape index (κ3) is 3.16. The Labute approximate surface area is 93.2 Å². The first-order valence-corrected chi connectivity index (χ1v) is 6.32. The molecule has 3 atom stereocenters. The van der Waals surface area contributed by atoms with E-state index in [0.29, 0.717) is 18.2 Å². The van der Waals surface area contributed by atoms with Crippen molar-refractivity contribution < 1.29 is 4.74 Å². The fourth-order valence-electron chi connectivity index (χ4n) is 2.66. The maximum atomic E-state index is 5.59. The van der Waals surface area contributed by atoms with E-state index in [1.807, 2.05) is 0 Å².